The Bertz CT molecular complexity index is 1250. The van der Waals surface area contributed by atoms with Gasteiger partial charge in [-0.3, -0.25) is 9.29 Å². The molecule has 3 aromatic heterocycles. The van der Waals surface area contributed by atoms with Gasteiger partial charge in [-0.05, 0) is 19.9 Å². The normalized spacial score (nSPS) is 15.3. The van der Waals surface area contributed by atoms with Crippen LogP contribution in [-0.4, -0.2) is 70.3 Å². The molecule has 0 saturated heterocycles. The number of anilines is 1. The maximum atomic E-state index is 12.8. The summed E-state index contributed by atoms with van der Waals surface area (Å²) in [6, 6.07) is 1.31. The number of aromatic nitrogens is 6. The van der Waals surface area contributed by atoms with Gasteiger partial charge in [0.1, 0.15) is 12.4 Å². The number of hydrogen-bond acceptors (Lipinski definition) is 10. The Morgan fingerprint density at radius 1 is 1.26 bits per heavy atom. The third kappa shape index (κ3) is 5.37. The summed E-state index contributed by atoms with van der Waals surface area (Å²) in [6.07, 6.45) is 4.39. The first-order valence-electron chi connectivity index (χ1n) is 10.5. The van der Waals surface area contributed by atoms with Crippen LogP contribution in [0.5, 0.6) is 11.6 Å². The first kappa shape index (κ1) is 24.1. The van der Waals surface area contributed by atoms with E-state index in [2.05, 4.69) is 29.9 Å². The Labute approximate surface area is 201 Å². The van der Waals surface area contributed by atoms with Crippen molar-refractivity contribution in [2.75, 3.05) is 30.8 Å². The van der Waals surface area contributed by atoms with Crippen molar-refractivity contribution >= 4 is 27.6 Å². The molecule has 0 radical (unpaired) electrons. The molecular formula is C20H24ClN7O5S. The van der Waals surface area contributed by atoms with Crippen LogP contribution in [0.3, 0.4) is 0 Å². The molecule has 0 aromatic carbocycles. The number of nitrogens with one attached hydrogen (secondary N) is 1. The lowest BCUT2D eigenvalue weighted by Crippen LogP contribution is -2.26. The van der Waals surface area contributed by atoms with E-state index in [0.717, 1.165) is 0 Å². The standard InChI is InChI=1S/C20H24ClN7O5S/c1-12(2)33-19-17-15(4-6-22-19)18-25-26-20(28(18)14(10-31-3)11-32-17)27-34(29,30)7-5-16-23-8-13(21)9-24-16/h4,6,8-9,12,14H,5,7,10-11H2,1-3H3,(H,26,27)/t14-/m0/s1. The molecule has 1 atom stereocenters. The van der Waals surface area contributed by atoms with Gasteiger partial charge < -0.3 is 14.2 Å². The fourth-order valence-corrected chi connectivity index (χ4v) is 4.46. The monoisotopic (exact) mass is 509 g/mol. The Hall–Kier alpha value is -3.03. The lowest BCUT2D eigenvalue weighted by molar-refractivity contribution is 0.123. The van der Waals surface area contributed by atoms with Crippen LogP contribution in [0.15, 0.2) is 24.7 Å². The summed E-state index contributed by atoms with van der Waals surface area (Å²) < 4.78 is 47.0. The topological polar surface area (TPSA) is 143 Å². The van der Waals surface area contributed by atoms with Gasteiger partial charge in [0.2, 0.25) is 16.0 Å². The fraction of sp³-hybridized carbons (Fsp3) is 0.450. The molecule has 0 unspecified atom stereocenters. The molecule has 0 spiro atoms. The number of fused-ring (bicyclic) bond motifs is 3. The van der Waals surface area contributed by atoms with Gasteiger partial charge in [0.05, 0.1) is 35.1 Å². The second kappa shape index (κ2) is 10.1. The van der Waals surface area contributed by atoms with E-state index in [4.69, 9.17) is 25.8 Å². The Kier molecular flexibility index (Phi) is 7.14. The second-order valence-electron chi connectivity index (χ2n) is 7.79. The first-order valence-corrected chi connectivity index (χ1v) is 12.5. The average molecular weight is 510 g/mol. The molecule has 0 amide bonds. The van der Waals surface area contributed by atoms with Crippen molar-refractivity contribution in [3.05, 3.63) is 35.5 Å². The minimum absolute atomic E-state index is 0.0497. The predicted molar refractivity (Wildman–Crippen MR) is 124 cm³/mol. The Balaban J connectivity index is 1.65. The molecular weight excluding hydrogens is 486 g/mol. The highest BCUT2D eigenvalue weighted by atomic mass is 35.5. The van der Waals surface area contributed by atoms with Crippen LogP contribution < -0.4 is 14.2 Å². The molecule has 14 heteroatoms. The molecule has 0 saturated carbocycles. The molecule has 4 heterocycles. The first-order chi connectivity index (χ1) is 16.3. The van der Waals surface area contributed by atoms with E-state index in [1.54, 1.807) is 23.9 Å². The van der Waals surface area contributed by atoms with Crippen LogP contribution in [0.2, 0.25) is 5.02 Å². The number of aryl methyl sites for hydroxylation is 1. The van der Waals surface area contributed by atoms with Gasteiger partial charge in [-0.15, -0.1) is 10.2 Å². The number of hydrogen-bond donors (Lipinski definition) is 1. The van der Waals surface area contributed by atoms with Crippen molar-refractivity contribution in [3.63, 3.8) is 0 Å². The second-order valence-corrected chi connectivity index (χ2v) is 10.1. The largest absolute Gasteiger partial charge is 0.485 e. The molecule has 0 fully saturated rings. The quantitative estimate of drug-likeness (QED) is 0.455. The van der Waals surface area contributed by atoms with Gasteiger partial charge in [0.25, 0.3) is 5.88 Å². The molecule has 4 rings (SSSR count). The zero-order valence-electron chi connectivity index (χ0n) is 18.8. The molecule has 1 N–H and O–H groups in total. The number of sulfonamides is 1. The molecule has 3 aromatic rings. The van der Waals surface area contributed by atoms with E-state index in [1.165, 1.54) is 12.4 Å². The Morgan fingerprint density at radius 2 is 2.03 bits per heavy atom. The lowest BCUT2D eigenvalue weighted by Gasteiger charge is -2.19. The van der Waals surface area contributed by atoms with Crippen LogP contribution in [0.1, 0.15) is 25.7 Å². The maximum Gasteiger partial charge on any atom is 0.258 e. The SMILES string of the molecule is COC[C@H]1COc2c(ccnc2OC(C)C)-c2nnc(NS(=O)(=O)CCc3ncc(Cl)cn3)n21. The summed E-state index contributed by atoms with van der Waals surface area (Å²) in [4.78, 5) is 12.3. The lowest BCUT2D eigenvalue weighted by atomic mass is 10.2. The van der Waals surface area contributed by atoms with Crippen LogP contribution in [0.25, 0.3) is 11.4 Å². The highest BCUT2D eigenvalue weighted by molar-refractivity contribution is 7.92. The number of methoxy groups -OCH3 is 1. The molecule has 34 heavy (non-hydrogen) atoms. The van der Waals surface area contributed by atoms with E-state index in [-0.39, 0.29) is 37.4 Å². The van der Waals surface area contributed by atoms with Crippen molar-refractivity contribution < 1.29 is 22.6 Å². The fourth-order valence-electron chi connectivity index (χ4n) is 3.40. The van der Waals surface area contributed by atoms with E-state index < -0.39 is 16.1 Å². The highest BCUT2D eigenvalue weighted by Crippen LogP contribution is 2.41. The summed E-state index contributed by atoms with van der Waals surface area (Å²) in [6.45, 7) is 4.17. The van der Waals surface area contributed by atoms with Gasteiger partial charge in [-0.1, -0.05) is 11.6 Å². The molecule has 1 aliphatic heterocycles. The highest BCUT2D eigenvalue weighted by Gasteiger charge is 2.31. The van der Waals surface area contributed by atoms with Crippen molar-refractivity contribution in [2.45, 2.75) is 32.4 Å². The Morgan fingerprint density at radius 3 is 2.74 bits per heavy atom. The zero-order valence-corrected chi connectivity index (χ0v) is 20.4. The number of rotatable bonds is 9. The molecule has 12 nitrogen and oxygen atoms in total. The van der Waals surface area contributed by atoms with E-state index in [9.17, 15) is 8.42 Å². The maximum absolute atomic E-state index is 12.8. The minimum Gasteiger partial charge on any atom is -0.485 e. The summed E-state index contributed by atoms with van der Waals surface area (Å²) in [5.41, 5.74) is 0.580. The molecule has 182 valence electrons. The van der Waals surface area contributed by atoms with Crippen LogP contribution in [-0.2, 0) is 21.2 Å². The smallest absolute Gasteiger partial charge is 0.258 e. The van der Waals surface area contributed by atoms with Gasteiger partial charge >= 0.3 is 0 Å². The molecule has 0 bridgehead atoms. The van der Waals surface area contributed by atoms with Gasteiger partial charge in [-0.2, -0.15) is 0 Å². The van der Waals surface area contributed by atoms with E-state index >= 15 is 0 Å². The summed E-state index contributed by atoms with van der Waals surface area (Å²) in [7, 11) is -2.25. The van der Waals surface area contributed by atoms with Crippen molar-refractivity contribution in [1.29, 1.82) is 0 Å². The van der Waals surface area contributed by atoms with Gasteiger partial charge in [0.15, 0.2) is 11.6 Å². The minimum atomic E-state index is -3.80. The number of ether oxygens (including phenoxy) is 3. The van der Waals surface area contributed by atoms with Crippen LogP contribution in [0.4, 0.5) is 5.95 Å². The average Bonchev–Trinajstić information content (AvgIpc) is 3.11. The van der Waals surface area contributed by atoms with E-state index in [1.807, 2.05) is 13.8 Å². The summed E-state index contributed by atoms with van der Waals surface area (Å²) in [5, 5.41) is 8.74. The van der Waals surface area contributed by atoms with Crippen LogP contribution >= 0.6 is 11.6 Å². The van der Waals surface area contributed by atoms with Crippen molar-refractivity contribution in [1.82, 2.24) is 29.7 Å². The number of halogens is 1. The predicted octanol–water partition coefficient (Wildman–Crippen LogP) is 2.13. The van der Waals surface area contributed by atoms with Crippen molar-refractivity contribution in [3.8, 4) is 23.0 Å². The molecule has 1 aliphatic rings. The summed E-state index contributed by atoms with van der Waals surface area (Å²) >= 11 is 5.78. The van der Waals surface area contributed by atoms with Crippen LogP contribution in [0, 0.1) is 0 Å². The summed E-state index contributed by atoms with van der Waals surface area (Å²) in [5.74, 6) is 1.30. The molecule has 0 aliphatic carbocycles. The third-order valence-corrected chi connectivity index (χ3v) is 6.25. The van der Waals surface area contributed by atoms with Crippen molar-refractivity contribution in [2.24, 2.45) is 0 Å². The zero-order chi connectivity index (χ0) is 24.3. The number of nitrogens with zero attached hydrogens (tertiary/aromatic N) is 6. The van der Waals surface area contributed by atoms with Gasteiger partial charge in [0, 0.05) is 32.1 Å². The third-order valence-electron chi connectivity index (χ3n) is 4.82. The van der Waals surface area contributed by atoms with E-state index in [0.29, 0.717) is 33.9 Å². The number of pyridine rings is 1. The van der Waals surface area contributed by atoms with Gasteiger partial charge in [-0.25, -0.2) is 23.4 Å².